The molecule has 0 saturated heterocycles. The van der Waals surface area contributed by atoms with Gasteiger partial charge in [-0.25, -0.2) is 4.39 Å². The van der Waals surface area contributed by atoms with Crippen molar-refractivity contribution in [3.63, 3.8) is 0 Å². The van der Waals surface area contributed by atoms with E-state index in [1.54, 1.807) is 23.1 Å². The van der Waals surface area contributed by atoms with Crippen LogP contribution in [0.4, 0.5) is 10.1 Å². The molecule has 0 amide bonds. The molecule has 0 aliphatic carbocycles. The molecule has 0 radical (unpaired) electrons. The number of oxime groups is 1. The molecule has 0 saturated carbocycles. The lowest BCUT2D eigenvalue weighted by atomic mass is 10.2. The summed E-state index contributed by atoms with van der Waals surface area (Å²) in [6.07, 6.45) is 1.20. The van der Waals surface area contributed by atoms with E-state index in [0.717, 1.165) is 0 Å². The maximum absolute atomic E-state index is 13.4. The van der Waals surface area contributed by atoms with Gasteiger partial charge in [-0.1, -0.05) is 17.3 Å². The highest BCUT2D eigenvalue weighted by atomic mass is 19.1. The number of hydrogen-bond donors (Lipinski definition) is 2. The molecule has 0 atom stereocenters. The van der Waals surface area contributed by atoms with Crippen molar-refractivity contribution in [2.75, 3.05) is 18.5 Å². The molecule has 16 heavy (non-hydrogen) atoms. The van der Waals surface area contributed by atoms with Gasteiger partial charge in [0.1, 0.15) is 11.7 Å². The van der Waals surface area contributed by atoms with Gasteiger partial charge in [0.2, 0.25) is 0 Å². The van der Waals surface area contributed by atoms with Crippen LogP contribution in [-0.2, 0) is 0 Å². The van der Waals surface area contributed by atoms with Gasteiger partial charge in [-0.15, -0.1) is 0 Å². The van der Waals surface area contributed by atoms with Gasteiger partial charge in [-0.05, 0) is 18.6 Å². The maximum atomic E-state index is 13.4. The SMILES string of the molecule is CN(CCCC(N)=NO)c1ccccc1F. The molecule has 4 nitrogen and oxygen atoms in total. The Morgan fingerprint density at radius 2 is 2.19 bits per heavy atom. The smallest absolute Gasteiger partial charge is 0.146 e. The molecule has 88 valence electrons. The first-order valence-corrected chi connectivity index (χ1v) is 5.07. The Kier molecular flexibility index (Phi) is 4.57. The number of nitrogens with two attached hydrogens (primary N) is 1. The van der Waals surface area contributed by atoms with Crippen LogP contribution in [0.15, 0.2) is 29.4 Å². The molecule has 1 aromatic rings. The van der Waals surface area contributed by atoms with Crippen LogP contribution in [-0.4, -0.2) is 24.6 Å². The normalized spacial score (nSPS) is 11.5. The van der Waals surface area contributed by atoms with E-state index < -0.39 is 0 Å². The molecule has 0 spiro atoms. The van der Waals surface area contributed by atoms with Crippen LogP contribution in [0.2, 0.25) is 0 Å². The van der Waals surface area contributed by atoms with Gasteiger partial charge in [0.25, 0.3) is 0 Å². The summed E-state index contributed by atoms with van der Waals surface area (Å²) in [6, 6.07) is 6.59. The molecule has 3 N–H and O–H groups in total. The number of amidine groups is 1. The lowest BCUT2D eigenvalue weighted by Crippen LogP contribution is -2.21. The van der Waals surface area contributed by atoms with E-state index in [0.29, 0.717) is 25.1 Å². The average molecular weight is 225 g/mol. The molecular formula is C11H16FN3O. The van der Waals surface area contributed by atoms with E-state index in [1.807, 2.05) is 7.05 Å². The summed E-state index contributed by atoms with van der Waals surface area (Å²) < 4.78 is 13.4. The first kappa shape index (κ1) is 12.3. The molecule has 0 aliphatic rings. The second-order valence-corrected chi connectivity index (χ2v) is 3.57. The van der Waals surface area contributed by atoms with Crippen LogP contribution in [0.5, 0.6) is 0 Å². The number of anilines is 1. The molecule has 5 heteroatoms. The van der Waals surface area contributed by atoms with E-state index in [4.69, 9.17) is 10.9 Å². The minimum atomic E-state index is -0.242. The second-order valence-electron chi connectivity index (χ2n) is 3.57. The third-order valence-electron chi connectivity index (χ3n) is 2.32. The fraction of sp³-hybridized carbons (Fsp3) is 0.364. The van der Waals surface area contributed by atoms with E-state index in [1.165, 1.54) is 6.07 Å². The van der Waals surface area contributed by atoms with Gasteiger partial charge in [0, 0.05) is 20.0 Å². The first-order valence-electron chi connectivity index (χ1n) is 5.07. The molecule has 0 fully saturated rings. The van der Waals surface area contributed by atoms with Gasteiger partial charge >= 0.3 is 0 Å². The summed E-state index contributed by atoms with van der Waals surface area (Å²) in [4.78, 5) is 1.81. The summed E-state index contributed by atoms with van der Waals surface area (Å²) in [5.74, 6) is -0.0456. The van der Waals surface area contributed by atoms with Crippen molar-refractivity contribution in [2.24, 2.45) is 10.9 Å². The lowest BCUT2D eigenvalue weighted by Gasteiger charge is -2.19. The number of halogens is 1. The second kappa shape index (κ2) is 5.95. The monoisotopic (exact) mass is 225 g/mol. The van der Waals surface area contributed by atoms with Crippen LogP contribution in [0.1, 0.15) is 12.8 Å². The predicted octanol–water partition coefficient (Wildman–Crippen LogP) is 1.79. The van der Waals surface area contributed by atoms with E-state index in [2.05, 4.69) is 5.16 Å². The molecule has 0 aliphatic heterocycles. The van der Waals surface area contributed by atoms with Crippen LogP contribution in [0.3, 0.4) is 0 Å². The number of benzene rings is 1. The van der Waals surface area contributed by atoms with Gasteiger partial charge in [0.15, 0.2) is 0 Å². The number of nitrogens with zero attached hydrogens (tertiary/aromatic N) is 2. The third kappa shape index (κ3) is 3.42. The highest BCUT2D eigenvalue weighted by Crippen LogP contribution is 2.17. The minimum Gasteiger partial charge on any atom is -0.409 e. The van der Waals surface area contributed by atoms with Crippen LogP contribution < -0.4 is 10.6 Å². The maximum Gasteiger partial charge on any atom is 0.146 e. The standard InChI is InChI=1S/C11H16FN3O/c1-15(8-4-7-11(13)14-16)10-6-3-2-5-9(10)12/h2-3,5-6,16H,4,7-8H2,1H3,(H2,13,14). The Bertz CT molecular complexity index is 368. The number of para-hydroxylation sites is 1. The zero-order chi connectivity index (χ0) is 12.0. The van der Waals surface area contributed by atoms with Gasteiger partial charge in [0.05, 0.1) is 5.69 Å². The fourth-order valence-electron chi connectivity index (χ4n) is 1.43. The summed E-state index contributed by atoms with van der Waals surface area (Å²) in [7, 11) is 1.81. The van der Waals surface area contributed by atoms with Crippen LogP contribution in [0, 0.1) is 5.82 Å². The van der Waals surface area contributed by atoms with Crippen LogP contribution >= 0.6 is 0 Å². The van der Waals surface area contributed by atoms with Gasteiger partial charge in [-0.3, -0.25) is 0 Å². The van der Waals surface area contributed by atoms with Crippen molar-refractivity contribution in [1.82, 2.24) is 0 Å². The Morgan fingerprint density at radius 1 is 1.50 bits per heavy atom. The molecular weight excluding hydrogens is 209 g/mol. The molecule has 1 rings (SSSR count). The lowest BCUT2D eigenvalue weighted by molar-refractivity contribution is 0.316. The molecule has 1 aromatic carbocycles. The quantitative estimate of drug-likeness (QED) is 0.347. The van der Waals surface area contributed by atoms with Crippen molar-refractivity contribution in [3.8, 4) is 0 Å². The zero-order valence-corrected chi connectivity index (χ0v) is 9.23. The Labute approximate surface area is 94.2 Å². The largest absolute Gasteiger partial charge is 0.409 e. The average Bonchev–Trinajstić information content (AvgIpc) is 2.29. The molecule has 0 aromatic heterocycles. The van der Waals surface area contributed by atoms with Crippen molar-refractivity contribution in [3.05, 3.63) is 30.1 Å². The molecule has 0 heterocycles. The minimum absolute atomic E-state index is 0.196. The first-order chi connectivity index (χ1) is 7.65. The Balaban J connectivity index is 2.47. The van der Waals surface area contributed by atoms with E-state index >= 15 is 0 Å². The molecule has 0 bridgehead atoms. The third-order valence-corrected chi connectivity index (χ3v) is 2.32. The topological polar surface area (TPSA) is 61.8 Å². The predicted molar refractivity (Wildman–Crippen MR) is 62.3 cm³/mol. The van der Waals surface area contributed by atoms with Crippen molar-refractivity contribution >= 4 is 11.5 Å². The number of rotatable bonds is 5. The van der Waals surface area contributed by atoms with Gasteiger partial charge in [-0.2, -0.15) is 0 Å². The van der Waals surface area contributed by atoms with Gasteiger partial charge < -0.3 is 15.8 Å². The van der Waals surface area contributed by atoms with Crippen molar-refractivity contribution in [2.45, 2.75) is 12.8 Å². The number of hydrogen-bond acceptors (Lipinski definition) is 3. The van der Waals surface area contributed by atoms with E-state index in [-0.39, 0.29) is 11.7 Å². The van der Waals surface area contributed by atoms with E-state index in [9.17, 15) is 4.39 Å². The highest BCUT2D eigenvalue weighted by molar-refractivity contribution is 5.79. The van der Waals surface area contributed by atoms with Crippen LogP contribution in [0.25, 0.3) is 0 Å². The molecule has 0 unspecified atom stereocenters. The Morgan fingerprint density at radius 3 is 2.81 bits per heavy atom. The highest BCUT2D eigenvalue weighted by Gasteiger charge is 2.06. The Hall–Kier alpha value is -1.78. The summed E-state index contributed by atoms with van der Waals surface area (Å²) in [6.45, 7) is 0.650. The zero-order valence-electron chi connectivity index (χ0n) is 9.23. The fourth-order valence-corrected chi connectivity index (χ4v) is 1.43. The van der Waals surface area contributed by atoms with Crippen molar-refractivity contribution in [1.29, 1.82) is 0 Å². The summed E-state index contributed by atoms with van der Waals surface area (Å²) >= 11 is 0. The summed E-state index contributed by atoms with van der Waals surface area (Å²) in [5.41, 5.74) is 5.89. The summed E-state index contributed by atoms with van der Waals surface area (Å²) in [5, 5.41) is 11.2. The van der Waals surface area contributed by atoms with Crippen molar-refractivity contribution < 1.29 is 9.60 Å².